The van der Waals surface area contributed by atoms with Gasteiger partial charge in [0.25, 0.3) is 5.56 Å². The molecule has 0 bridgehead atoms. The predicted octanol–water partition coefficient (Wildman–Crippen LogP) is -0.732. The van der Waals surface area contributed by atoms with Crippen LogP contribution in [-0.4, -0.2) is 18.7 Å². The molecular formula is C9H11N4O2. The minimum atomic E-state index is -0.388. The smallest absolute Gasteiger partial charge is 0.328 e. The highest BCUT2D eigenvalue weighted by Gasteiger charge is 2.13. The van der Waals surface area contributed by atoms with Crippen molar-refractivity contribution in [3.63, 3.8) is 0 Å². The fourth-order valence-corrected chi connectivity index (χ4v) is 1.59. The summed E-state index contributed by atoms with van der Waals surface area (Å²) in [6, 6.07) is 0. The van der Waals surface area contributed by atoms with Crippen molar-refractivity contribution in [2.75, 3.05) is 0 Å². The highest BCUT2D eigenvalue weighted by Crippen LogP contribution is 2.02. The summed E-state index contributed by atoms with van der Waals surface area (Å²) >= 11 is 0. The topological polar surface area (TPSA) is 61.8 Å². The van der Waals surface area contributed by atoms with Gasteiger partial charge in [0.05, 0.1) is 6.33 Å². The Balaban J connectivity index is 3.13. The third kappa shape index (κ3) is 1.14. The fourth-order valence-electron chi connectivity index (χ4n) is 1.59. The predicted molar refractivity (Wildman–Crippen MR) is 55.6 cm³/mol. The van der Waals surface area contributed by atoms with Gasteiger partial charge in [-0.25, -0.2) is 9.78 Å². The molecule has 2 aromatic rings. The van der Waals surface area contributed by atoms with Gasteiger partial charge in [0, 0.05) is 20.6 Å². The number of aryl methyl sites for hydroxylation is 2. The van der Waals surface area contributed by atoms with Gasteiger partial charge in [-0.05, 0) is 6.92 Å². The summed E-state index contributed by atoms with van der Waals surface area (Å²) in [5.74, 6) is 0. The molecular weight excluding hydrogens is 196 g/mol. The second-order valence-electron chi connectivity index (χ2n) is 3.33. The van der Waals surface area contributed by atoms with Crippen molar-refractivity contribution in [3.8, 4) is 0 Å². The van der Waals surface area contributed by atoms with Crippen molar-refractivity contribution in [1.29, 1.82) is 0 Å². The number of nitrogens with zero attached hydrogens (tertiary/aromatic N) is 4. The van der Waals surface area contributed by atoms with Crippen molar-refractivity contribution < 1.29 is 0 Å². The van der Waals surface area contributed by atoms with Gasteiger partial charge in [0.15, 0.2) is 11.2 Å². The molecule has 0 N–H and O–H groups in total. The molecule has 2 aromatic heterocycles. The molecule has 6 heteroatoms. The quantitative estimate of drug-likeness (QED) is 0.619. The summed E-state index contributed by atoms with van der Waals surface area (Å²) in [4.78, 5) is 27.6. The van der Waals surface area contributed by atoms with Crippen LogP contribution < -0.4 is 11.2 Å². The molecule has 2 heterocycles. The Labute approximate surface area is 85.4 Å². The van der Waals surface area contributed by atoms with Crippen molar-refractivity contribution in [3.05, 3.63) is 34.1 Å². The average Bonchev–Trinajstić information content (AvgIpc) is 2.58. The van der Waals surface area contributed by atoms with E-state index in [9.17, 15) is 9.59 Å². The summed E-state index contributed by atoms with van der Waals surface area (Å²) in [6.07, 6.45) is 1.51. The van der Waals surface area contributed by atoms with Crippen LogP contribution >= 0.6 is 0 Å². The number of hydrogen-bond donors (Lipinski definition) is 0. The molecule has 0 saturated carbocycles. The highest BCUT2D eigenvalue weighted by atomic mass is 16.2. The van der Waals surface area contributed by atoms with E-state index >= 15 is 0 Å². The van der Waals surface area contributed by atoms with Crippen molar-refractivity contribution in [2.45, 2.75) is 6.54 Å². The molecule has 0 atom stereocenters. The largest absolute Gasteiger partial charge is 0.332 e. The summed E-state index contributed by atoms with van der Waals surface area (Å²) < 4.78 is 4.04. The van der Waals surface area contributed by atoms with Gasteiger partial charge < -0.3 is 4.57 Å². The van der Waals surface area contributed by atoms with Crippen LogP contribution in [0.15, 0.2) is 15.9 Å². The summed E-state index contributed by atoms with van der Waals surface area (Å²) in [7, 11) is 3.30. The minimum absolute atomic E-state index is 0.118. The second-order valence-corrected chi connectivity index (χ2v) is 3.33. The molecule has 6 nitrogen and oxygen atoms in total. The molecule has 15 heavy (non-hydrogen) atoms. The molecule has 0 amide bonds. The number of rotatable bonds is 1. The van der Waals surface area contributed by atoms with Crippen LogP contribution in [0.2, 0.25) is 0 Å². The molecule has 2 rings (SSSR count). The maximum atomic E-state index is 11.9. The van der Waals surface area contributed by atoms with Crippen LogP contribution in [0.4, 0.5) is 0 Å². The first kappa shape index (κ1) is 9.70. The Hall–Kier alpha value is -1.85. The van der Waals surface area contributed by atoms with Crippen LogP contribution in [0.25, 0.3) is 11.2 Å². The molecule has 0 aromatic carbocycles. The Kier molecular flexibility index (Phi) is 1.99. The van der Waals surface area contributed by atoms with Crippen LogP contribution in [0.3, 0.4) is 0 Å². The van der Waals surface area contributed by atoms with Crippen molar-refractivity contribution >= 4 is 11.2 Å². The van der Waals surface area contributed by atoms with E-state index in [1.54, 1.807) is 18.7 Å². The lowest BCUT2D eigenvalue weighted by Crippen LogP contribution is -2.39. The van der Waals surface area contributed by atoms with Gasteiger partial charge in [-0.2, -0.15) is 0 Å². The van der Waals surface area contributed by atoms with Crippen LogP contribution in [0.1, 0.15) is 0 Å². The van der Waals surface area contributed by atoms with Gasteiger partial charge in [-0.15, -0.1) is 0 Å². The van der Waals surface area contributed by atoms with E-state index in [1.807, 2.05) is 0 Å². The first-order valence-corrected chi connectivity index (χ1v) is 4.48. The number of aromatic nitrogens is 4. The average molecular weight is 207 g/mol. The van der Waals surface area contributed by atoms with E-state index in [1.165, 1.54) is 10.9 Å². The molecule has 0 unspecified atom stereocenters. The van der Waals surface area contributed by atoms with E-state index in [0.717, 1.165) is 4.57 Å². The van der Waals surface area contributed by atoms with Gasteiger partial charge in [0.2, 0.25) is 0 Å². The molecule has 0 spiro atoms. The summed E-state index contributed by atoms with van der Waals surface area (Å²) in [5.41, 5.74) is 0.0854. The monoisotopic (exact) mass is 207 g/mol. The molecule has 0 aliphatic heterocycles. The zero-order chi connectivity index (χ0) is 11.2. The lowest BCUT2D eigenvalue weighted by Gasteiger charge is -2.05. The summed E-state index contributed by atoms with van der Waals surface area (Å²) in [5, 5.41) is 0. The lowest BCUT2D eigenvalue weighted by atomic mass is 10.5. The lowest BCUT2D eigenvalue weighted by molar-refractivity contribution is 0.663. The zero-order valence-electron chi connectivity index (χ0n) is 8.60. The molecule has 0 fully saturated rings. The van der Waals surface area contributed by atoms with E-state index < -0.39 is 0 Å². The Bertz CT molecular complexity index is 632. The van der Waals surface area contributed by atoms with Gasteiger partial charge in [-0.3, -0.25) is 13.9 Å². The maximum Gasteiger partial charge on any atom is 0.332 e. The maximum absolute atomic E-state index is 11.9. The Morgan fingerprint density at radius 3 is 2.67 bits per heavy atom. The SMILES string of the molecule is [CH2]Cn1c(=O)c2c(ncn2C)n(C)c1=O. The normalized spacial score (nSPS) is 11.1. The zero-order valence-corrected chi connectivity index (χ0v) is 8.60. The number of hydrogen-bond acceptors (Lipinski definition) is 3. The van der Waals surface area contributed by atoms with E-state index in [-0.39, 0.29) is 17.8 Å². The minimum Gasteiger partial charge on any atom is -0.328 e. The van der Waals surface area contributed by atoms with Crippen LogP contribution in [0, 0.1) is 6.92 Å². The molecule has 79 valence electrons. The molecule has 1 radical (unpaired) electrons. The van der Waals surface area contributed by atoms with Gasteiger partial charge in [-0.1, -0.05) is 0 Å². The van der Waals surface area contributed by atoms with Crippen molar-refractivity contribution in [2.24, 2.45) is 14.1 Å². The highest BCUT2D eigenvalue weighted by molar-refractivity contribution is 5.69. The molecule has 0 aliphatic carbocycles. The number of fused-ring (bicyclic) bond motifs is 1. The van der Waals surface area contributed by atoms with E-state index in [4.69, 9.17) is 0 Å². The van der Waals surface area contributed by atoms with Gasteiger partial charge in [0.1, 0.15) is 0 Å². The van der Waals surface area contributed by atoms with E-state index in [0.29, 0.717) is 11.2 Å². The molecule has 0 aliphatic rings. The summed E-state index contributed by atoms with van der Waals surface area (Å²) in [6.45, 7) is 3.68. The number of imidazole rings is 1. The van der Waals surface area contributed by atoms with Crippen LogP contribution in [0.5, 0.6) is 0 Å². The first-order chi connectivity index (χ1) is 7.07. The molecule has 0 saturated heterocycles. The first-order valence-electron chi connectivity index (χ1n) is 4.48. The Morgan fingerprint density at radius 2 is 2.07 bits per heavy atom. The second kappa shape index (κ2) is 3.08. The van der Waals surface area contributed by atoms with E-state index in [2.05, 4.69) is 11.9 Å². The third-order valence-electron chi connectivity index (χ3n) is 2.42. The third-order valence-corrected chi connectivity index (χ3v) is 2.42. The van der Waals surface area contributed by atoms with Crippen molar-refractivity contribution in [1.82, 2.24) is 18.7 Å². The van der Waals surface area contributed by atoms with Gasteiger partial charge >= 0.3 is 5.69 Å². The van der Waals surface area contributed by atoms with Crippen LogP contribution in [-0.2, 0) is 20.6 Å². The Morgan fingerprint density at radius 1 is 1.40 bits per heavy atom. The fraction of sp³-hybridized carbons (Fsp3) is 0.333. The standard InChI is InChI=1S/C9H11N4O2/c1-4-13-8(14)6-7(10-5-11(6)2)12(3)9(13)15/h5H,1,4H2,2-3H3.